The Morgan fingerprint density at radius 1 is 0.938 bits per heavy atom. The van der Waals surface area contributed by atoms with E-state index < -0.39 is 59.9 Å². The van der Waals surface area contributed by atoms with E-state index in [2.05, 4.69) is 28.6 Å². The van der Waals surface area contributed by atoms with Gasteiger partial charge in [0.2, 0.25) is 23.6 Å². The summed E-state index contributed by atoms with van der Waals surface area (Å²) in [6.07, 6.45) is -0.274. The van der Waals surface area contributed by atoms with Gasteiger partial charge in [-0.05, 0) is 32.7 Å². The maximum atomic E-state index is 12.7. The summed E-state index contributed by atoms with van der Waals surface area (Å²) in [5, 5.41) is 25.9. The maximum absolute atomic E-state index is 12.7. The molecule has 0 radical (unpaired) electrons. The predicted octanol–water partition coefficient (Wildman–Crippen LogP) is -3.44. The van der Waals surface area contributed by atoms with Gasteiger partial charge in [-0.1, -0.05) is 6.42 Å². The van der Waals surface area contributed by atoms with Gasteiger partial charge in [-0.15, -0.1) is 0 Å². The highest BCUT2D eigenvalue weighted by molar-refractivity contribution is 7.80. The minimum Gasteiger partial charge on any atom is -0.480 e. The van der Waals surface area contributed by atoms with Crippen molar-refractivity contribution in [2.24, 2.45) is 17.2 Å². The van der Waals surface area contributed by atoms with Crippen molar-refractivity contribution in [3.63, 3.8) is 0 Å². The highest BCUT2D eigenvalue weighted by Crippen LogP contribution is 2.04. The number of carboxylic acids is 1. The average Bonchev–Trinajstić information content (AvgIpc) is 2.71. The number of hydrogen-bond acceptors (Lipinski definition) is 9. The van der Waals surface area contributed by atoms with Crippen LogP contribution in [0.5, 0.6) is 0 Å². The minimum absolute atomic E-state index is 0.216. The Bertz CT molecular complexity index is 664. The first-order chi connectivity index (χ1) is 14.9. The third-order valence-electron chi connectivity index (χ3n) is 4.48. The fourth-order valence-electron chi connectivity index (χ4n) is 2.58. The number of primary amides is 1. The topological polar surface area (TPSA) is 240 Å². The molecule has 11 N–H and O–H groups in total. The van der Waals surface area contributed by atoms with Crippen molar-refractivity contribution in [3.8, 4) is 0 Å². The number of nitrogens with one attached hydrogen (secondary N) is 3. The molecule has 0 aromatic rings. The number of aliphatic hydroxyl groups is 1. The molecule has 0 aliphatic rings. The number of unbranched alkanes of at least 4 members (excludes halogenated alkanes) is 1. The highest BCUT2D eigenvalue weighted by atomic mass is 32.1. The summed E-state index contributed by atoms with van der Waals surface area (Å²) < 4.78 is 0. The first-order valence-electron chi connectivity index (χ1n) is 10.1. The molecule has 4 amide bonds. The zero-order valence-electron chi connectivity index (χ0n) is 18.0. The van der Waals surface area contributed by atoms with Crippen LogP contribution in [0.1, 0.15) is 39.0 Å². The summed E-state index contributed by atoms with van der Waals surface area (Å²) in [7, 11) is 0. The van der Waals surface area contributed by atoms with Gasteiger partial charge in [-0.2, -0.15) is 12.6 Å². The number of carbonyl (C=O) groups is 5. The molecule has 5 atom stereocenters. The van der Waals surface area contributed by atoms with Gasteiger partial charge >= 0.3 is 5.97 Å². The first kappa shape index (κ1) is 29.6. The standard InChI is InChI=1S/C18H34N6O7S/c1-9(25)14(24-15(27)10(20)4-2-3-7-19)17(29)22-11(5-6-13(21)26)16(28)23-12(8-32)18(30)31/h9-12,14,25,32H,2-8,19-20H2,1H3,(H2,21,26)(H,22,29)(H,23,28)(H,24,27)(H,30,31). The van der Waals surface area contributed by atoms with Gasteiger partial charge in [0.1, 0.15) is 18.1 Å². The second-order valence-corrected chi connectivity index (χ2v) is 7.63. The zero-order chi connectivity index (χ0) is 24.8. The molecular weight excluding hydrogens is 444 g/mol. The molecule has 0 aromatic carbocycles. The van der Waals surface area contributed by atoms with Gasteiger partial charge in [0.25, 0.3) is 0 Å². The van der Waals surface area contributed by atoms with E-state index in [1.54, 1.807) is 0 Å². The summed E-state index contributed by atoms with van der Waals surface area (Å²) in [5.74, 6) is -4.80. The number of nitrogens with two attached hydrogens (primary N) is 3. The van der Waals surface area contributed by atoms with Crippen LogP contribution in [0, 0.1) is 0 Å². The van der Waals surface area contributed by atoms with Crippen LogP contribution in [0.2, 0.25) is 0 Å². The Hall–Kier alpha value is -2.42. The van der Waals surface area contributed by atoms with Crippen LogP contribution in [0.4, 0.5) is 0 Å². The quantitative estimate of drug-likeness (QED) is 0.0790. The van der Waals surface area contributed by atoms with E-state index >= 15 is 0 Å². The first-order valence-corrected chi connectivity index (χ1v) is 10.7. The van der Waals surface area contributed by atoms with E-state index in [0.29, 0.717) is 25.8 Å². The van der Waals surface area contributed by atoms with Gasteiger partial charge in [0.05, 0.1) is 12.1 Å². The van der Waals surface area contributed by atoms with E-state index in [0.717, 1.165) is 0 Å². The molecule has 0 heterocycles. The normalized spacial score (nSPS) is 15.5. The number of thiol groups is 1. The number of aliphatic hydroxyl groups excluding tert-OH is 1. The SMILES string of the molecule is CC(O)C(NC(=O)C(N)CCCCN)C(=O)NC(CCC(N)=O)C(=O)NC(CS)C(=O)O. The Kier molecular flexibility index (Phi) is 14.2. The van der Waals surface area contributed by atoms with Gasteiger partial charge in [-0.3, -0.25) is 19.2 Å². The van der Waals surface area contributed by atoms with Crippen molar-refractivity contribution >= 4 is 42.2 Å². The molecule has 0 saturated heterocycles. The van der Waals surface area contributed by atoms with Gasteiger partial charge in [0, 0.05) is 12.2 Å². The van der Waals surface area contributed by atoms with E-state index in [4.69, 9.17) is 22.3 Å². The second kappa shape index (κ2) is 15.4. The number of rotatable bonds is 16. The fraction of sp³-hybridized carbons (Fsp3) is 0.722. The van der Waals surface area contributed by atoms with Crippen molar-refractivity contribution in [3.05, 3.63) is 0 Å². The van der Waals surface area contributed by atoms with E-state index in [1.165, 1.54) is 6.92 Å². The highest BCUT2D eigenvalue weighted by Gasteiger charge is 2.32. The van der Waals surface area contributed by atoms with E-state index in [-0.39, 0.29) is 18.6 Å². The molecule has 0 aliphatic heterocycles. The molecule has 0 aliphatic carbocycles. The monoisotopic (exact) mass is 478 g/mol. The van der Waals surface area contributed by atoms with Crippen molar-refractivity contribution in [1.29, 1.82) is 0 Å². The smallest absolute Gasteiger partial charge is 0.327 e. The van der Waals surface area contributed by atoms with Crippen LogP contribution in [0.3, 0.4) is 0 Å². The molecule has 13 nitrogen and oxygen atoms in total. The summed E-state index contributed by atoms with van der Waals surface area (Å²) in [4.78, 5) is 59.7. The minimum atomic E-state index is -1.45. The number of carbonyl (C=O) groups excluding carboxylic acids is 4. The van der Waals surface area contributed by atoms with Crippen LogP contribution >= 0.6 is 12.6 Å². The molecule has 184 valence electrons. The Balaban J connectivity index is 5.31. The molecule has 5 unspecified atom stereocenters. The summed E-state index contributed by atoms with van der Waals surface area (Å²) in [6, 6.07) is -5.07. The van der Waals surface area contributed by atoms with E-state index in [1.807, 2.05) is 0 Å². The van der Waals surface area contributed by atoms with Gasteiger partial charge in [-0.25, -0.2) is 4.79 Å². The van der Waals surface area contributed by atoms with Crippen molar-refractivity contribution < 1.29 is 34.2 Å². The van der Waals surface area contributed by atoms with Crippen LogP contribution in [-0.4, -0.2) is 82.4 Å². The van der Waals surface area contributed by atoms with E-state index in [9.17, 15) is 29.1 Å². The predicted molar refractivity (Wildman–Crippen MR) is 118 cm³/mol. The summed E-state index contributed by atoms with van der Waals surface area (Å²) in [6.45, 7) is 1.70. The number of aliphatic carboxylic acids is 1. The Morgan fingerprint density at radius 2 is 1.53 bits per heavy atom. The fourth-order valence-corrected chi connectivity index (χ4v) is 2.83. The lowest BCUT2D eigenvalue weighted by atomic mass is 10.1. The van der Waals surface area contributed by atoms with Gasteiger partial charge in [0.15, 0.2) is 0 Å². The van der Waals surface area contributed by atoms with Crippen LogP contribution in [0.25, 0.3) is 0 Å². The lowest BCUT2D eigenvalue weighted by Gasteiger charge is -2.26. The Morgan fingerprint density at radius 3 is 2.00 bits per heavy atom. The van der Waals surface area contributed by atoms with Crippen LogP contribution in [-0.2, 0) is 24.0 Å². The summed E-state index contributed by atoms with van der Waals surface area (Å²) in [5.41, 5.74) is 16.3. The molecule has 0 bridgehead atoms. The third-order valence-corrected chi connectivity index (χ3v) is 4.84. The number of hydrogen-bond donors (Lipinski definition) is 9. The lowest BCUT2D eigenvalue weighted by Crippen LogP contribution is -2.60. The van der Waals surface area contributed by atoms with Gasteiger partial charge < -0.3 is 43.4 Å². The zero-order valence-corrected chi connectivity index (χ0v) is 18.8. The molecular formula is C18H34N6O7S. The number of amides is 4. The van der Waals surface area contributed by atoms with Crippen LogP contribution in [0.15, 0.2) is 0 Å². The van der Waals surface area contributed by atoms with Crippen LogP contribution < -0.4 is 33.2 Å². The molecule has 0 spiro atoms. The lowest BCUT2D eigenvalue weighted by molar-refractivity contribution is -0.142. The average molecular weight is 479 g/mol. The molecule has 0 rings (SSSR count). The second-order valence-electron chi connectivity index (χ2n) is 7.27. The molecule has 14 heteroatoms. The molecule has 0 fully saturated rings. The Labute approximate surface area is 191 Å². The van der Waals surface area contributed by atoms with Crippen molar-refractivity contribution in [2.45, 2.75) is 69.3 Å². The molecule has 32 heavy (non-hydrogen) atoms. The summed E-state index contributed by atoms with van der Waals surface area (Å²) >= 11 is 3.84. The number of carboxylic acid groups (broad SMARTS) is 1. The largest absolute Gasteiger partial charge is 0.480 e. The van der Waals surface area contributed by atoms with Crippen molar-refractivity contribution in [1.82, 2.24) is 16.0 Å². The maximum Gasteiger partial charge on any atom is 0.327 e. The molecule has 0 saturated carbocycles. The van der Waals surface area contributed by atoms with Crippen molar-refractivity contribution in [2.75, 3.05) is 12.3 Å². The third kappa shape index (κ3) is 11.3. The molecule has 0 aromatic heterocycles.